The Labute approximate surface area is 96.6 Å². The van der Waals surface area contributed by atoms with E-state index in [1.54, 1.807) is 20.8 Å². The second-order valence-corrected chi connectivity index (χ2v) is 4.39. The summed E-state index contributed by atoms with van der Waals surface area (Å²) in [6.45, 7) is 7.67. The zero-order valence-electron chi connectivity index (χ0n) is 10.4. The lowest BCUT2D eigenvalue weighted by Gasteiger charge is -2.17. The fraction of sp³-hybridized carbons (Fsp3) is 0.667. The van der Waals surface area contributed by atoms with E-state index >= 15 is 0 Å². The van der Waals surface area contributed by atoms with Crippen molar-refractivity contribution in [2.24, 2.45) is 0 Å². The lowest BCUT2D eigenvalue weighted by molar-refractivity contribution is -0.149. The Morgan fingerprint density at radius 1 is 1.12 bits per heavy atom. The van der Waals surface area contributed by atoms with Crippen LogP contribution in [0.1, 0.15) is 40.5 Å². The van der Waals surface area contributed by atoms with E-state index in [0.717, 1.165) is 25.0 Å². The van der Waals surface area contributed by atoms with Crippen LogP contribution in [0.5, 0.6) is 0 Å². The molecule has 0 aromatic rings. The Morgan fingerprint density at radius 3 is 2.19 bits per heavy atom. The minimum absolute atomic E-state index is 0.383. The molecule has 0 atom stereocenters. The smallest absolute Gasteiger partial charge is 0.331 e. The molecule has 0 aliphatic heterocycles. The van der Waals surface area contributed by atoms with Gasteiger partial charge < -0.3 is 9.47 Å². The number of unbranched alkanes of at least 4 members (excludes halogenated alkanes) is 1. The molecular formula is C12H20O4. The fourth-order valence-electron chi connectivity index (χ4n) is 0.837. The maximum Gasteiger partial charge on any atom is 0.331 e. The highest BCUT2D eigenvalue weighted by Gasteiger charge is 2.14. The van der Waals surface area contributed by atoms with E-state index in [9.17, 15) is 9.59 Å². The second kappa shape index (κ2) is 7.04. The SMILES string of the molecule is CCCCOC(=O)/C=C\C(=O)OC(C)(C)C. The van der Waals surface area contributed by atoms with Gasteiger partial charge in [-0.05, 0) is 27.2 Å². The van der Waals surface area contributed by atoms with Crippen molar-refractivity contribution in [2.45, 2.75) is 46.1 Å². The molecule has 4 nitrogen and oxygen atoms in total. The third-order valence-electron chi connectivity index (χ3n) is 1.50. The molecule has 0 heterocycles. The molecule has 0 amide bonds. The van der Waals surface area contributed by atoms with Gasteiger partial charge in [0.25, 0.3) is 0 Å². The van der Waals surface area contributed by atoms with Gasteiger partial charge in [-0.15, -0.1) is 0 Å². The Kier molecular flexibility index (Phi) is 6.46. The predicted molar refractivity (Wildman–Crippen MR) is 60.9 cm³/mol. The Bertz CT molecular complexity index is 261. The standard InChI is InChI=1S/C12H20O4/c1-5-6-9-15-10(13)7-8-11(14)16-12(2,3)4/h7-8H,5-6,9H2,1-4H3/b8-7-. The number of carbonyl (C=O) groups is 2. The Balaban J connectivity index is 3.89. The first-order valence-electron chi connectivity index (χ1n) is 5.43. The van der Waals surface area contributed by atoms with Crippen LogP contribution in [0.2, 0.25) is 0 Å². The van der Waals surface area contributed by atoms with Crippen molar-refractivity contribution in [3.05, 3.63) is 12.2 Å². The third-order valence-corrected chi connectivity index (χ3v) is 1.50. The molecular weight excluding hydrogens is 208 g/mol. The van der Waals surface area contributed by atoms with E-state index in [-0.39, 0.29) is 0 Å². The van der Waals surface area contributed by atoms with Gasteiger partial charge in [0.15, 0.2) is 0 Å². The van der Waals surface area contributed by atoms with Crippen molar-refractivity contribution in [1.82, 2.24) is 0 Å². The van der Waals surface area contributed by atoms with Gasteiger partial charge in [0.05, 0.1) is 6.61 Å². The van der Waals surface area contributed by atoms with Crippen molar-refractivity contribution in [3.63, 3.8) is 0 Å². The maximum absolute atomic E-state index is 11.2. The van der Waals surface area contributed by atoms with Gasteiger partial charge in [-0.25, -0.2) is 9.59 Å². The van der Waals surface area contributed by atoms with Crippen LogP contribution in [0.4, 0.5) is 0 Å². The summed E-state index contributed by atoms with van der Waals surface area (Å²) in [6.07, 6.45) is 3.96. The molecule has 0 N–H and O–H groups in total. The average molecular weight is 228 g/mol. The average Bonchev–Trinajstić information content (AvgIpc) is 2.12. The topological polar surface area (TPSA) is 52.6 Å². The number of hydrogen-bond acceptors (Lipinski definition) is 4. The number of esters is 2. The summed E-state index contributed by atoms with van der Waals surface area (Å²) in [4.78, 5) is 22.2. The highest BCUT2D eigenvalue weighted by Crippen LogP contribution is 2.07. The first-order chi connectivity index (χ1) is 7.35. The number of carbonyl (C=O) groups excluding carboxylic acids is 2. The molecule has 0 aliphatic rings. The first kappa shape index (κ1) is 14.7. The largest absolute Gasteiger partial charge is 0.463 e. The van der Waals surface area contributed by atoms with Crippen LogP contribution in [0.15, 0.2) is 12.2 Å². The maximum atomic E-state index is 11.2. The molecule has 0 aromatic heterocycles. The zero-order valence-corrected chi connectivity index (χ0v) is 10.4. The molecule has 0 saturated heterocycles. The summed E-state index contributed by atoms with van der Waals surface area (Å²) in [7, 11) is 0. The van der Waals surface area contributed by atoms with Gasteiger partial charge in [-0.2, -0.15) is 0 Å². The van der Waals surface area contributed by atoms with E-state index in [4.69, 9.17) is 9.47 Å². The van der Waals surface area contributed by atoms with Gasteiger partial charge in [-0.1, -0.05) is 13.3 Å². The third kappa shape index (κ3) is 9.24. The summed E-state index contributed by atoms with van der Waals surface area (Å²) in [5.74, 6) is -1.06. The van der Waals surface area contributed by atoms with Gasteiger partial charge in [0.1, 0.15) is 5.60 Å². The lowest BCUT2D eigenvalue weighted by Crippen LogP contribution is -2.22. The zero-order chi connectivity index (χ0) is 12.6. The highest BCUT2D eigenvalue weighted by molar-refractivity contribution is 5.91. The summed E-state index contributed by atoms with van der Waals surface area (Å²) in [5, 5.41) is 0. The first-order valence-corrected chi connectivity index (χ1v) is 5.43. The van der Waals surface area contributed by atoms with Gasteiger partial charge in [0, 0.05) is 12.2 Å². The normalized spacial score (nSPS) is 11.5. The van der Waals surface area contributed by atoms with Crippen LogP contribution in [0.3, 0.4) is 0 Å². The van der Waals surface area contributed by atoms with E-state index in [0.29, 0.717) is 6.61 Å². The van der Waals surface area contributed by atoms with Crippen LogP contribution >= 0.6 is 0 Å². The molecule has 0 saturated carbocycles. The Hall–Kier alpha value is -1.32. The van der Waals surface area contributed by atoms with Gasteiger partial charge in [0.2, 0.25) is 0 Å². The predicted octanol–water partition coefficient (Wildman–Crippen LogP) is 2.23. The summed E-state index contributed by atoms with van der Waals surface area (Å²) in [5.41, 5.74) is -0.548. The highest BCUT2D eigenvalue weighted by atomic mass is 16.6. The lowest BCUT2D eigenvalue weighted by atomic mass is 10.2. The van der Waals surface area contributed by atoms with Crippen LogP contribution < -0.4 is 0 Å². The summed E-state index contributed by atoms with van der Waals surface area (Å²) < 4.78 is 9.81. The number of ether oxygens (including phenoxy) is 2. The minimum atomic E-state index is -0.548. The molecule has 0 bridgehead atoms. The molecule has 0 aliphatic carbocycles. The van der Waals surface area contributed by atoms with Gasteiger partial charge >= 0.3 is 11.9 Å². The molecule has 0 fully saturated rings. The van der Waals surface area contributed by atoms with Crippen LogP contribution in [0, 0.1) is 0 Å². The van der Waals surface area contributed by atoms with E-state index in [2.05, 4.69) is 0 Å². The summed E-state index contributed by atoms with van der Waals surface area (Å²) >= 11 is 0. The van der Waals surface area contributed by atoms with Gasteiger partial charge in [-0.3, -0.25) is 0 Å². The number of rotatable bonds is 5. The molecule has 0 radical (unpaired) electrons. The van der Waals surface area contributed by atoms with Crippen LogP contribution in [-0.2, 0) is 19.1 Å². The van der Waals surface area contributed by atoms with E-state index in [1.165, 1.54) is 0 Å². The van der Waals surface area contributed by atoms with Crippen LogP contribution in [-0.4, -0.2) is 24.1 Å². The van der Waals surface area contributed by atoms with Crippen molar-refractivity contribution >= 4 is 11.9 Å². The van der Waals surface area contributed by atoms with Crippen molar-refractivity contribution in [3.8, 4) is 0 Å². The molecule has 16 heavy (non-hydrogen) atoms. The Morgan fingerprint density at radius 2 is 1.69 bits per heavy atom. The second-order valence-electron chi connectivity index (χ2n) is 4.39. The quantitative estimate of drug-likeness (QED) is 0.411. The van der Waals surface area contributed by atoms with Crippen molar-refractivity contribution < 1.29 is 19.1 Å². The van der Waals surface area contributed by atoms with Crippen molar-refractivity contribution in [2.75, 3.05) is 6.61 Å². The number of hydrogen-bond donors (Lipinski definition) is 0. The van der Waals surface area contributed by atoms with E-state index < -0.39 is 17.5 Å². The molecule has 0 unspecified atom stereocenters. The molecule has 0 aromatic carbocycles. The van der Waals surface area contributed by atoms with Crippen molar-refractivity contribution in [1.29, 1.82) is 0 Å². The molecule has 4 heteroatoms. The van der Waals surface area contributed by atoms with E-state index in [1.807, 2.05) is 6.92 Å². The molecule has 0 spiro atoms. The monoisotopic (exact) mass is 228 g/mol. The van der Waals surface area contributed by atoms with Crippen LogP contribution in [0.25, 0.3) is 0 Å². The minimum Gasteiger partial charge on any atom is -0.463 e. The molecule has 92 valence electrons. The fourth-order valence-corrected chi connectivity index (χ4v) is 0.837. The summed E-state index contributed by atoms with van der Waals surface area (Å²) in [6, 6.07) is 0. The molecule has 0 rings (SSSR count).